The van der Waals surface area contributed by atoms with Gasteiger partial charge in [0.25, 0.3) is 5.56 Å². The Morgan fingerprint density at radius 2 is 2.25 bits per heavy atom. The summed E-state index contributed by atoms with van der Waals surface area (Å²) in [5, 5.41) is 6.85. The Labute approximate surface area is 123 Å². The van der Waals surface area contributed by atoms with Crippen LogP contribution in [0.3, 0.4) is 0 Å². The molecule has 7 heteroatoms. The molecule has 20 heavy (non-hydrogen) atoms. The first-order chi connectivity index (χ1) is 9.72. The molecule has 3 rings (SSSR count). The van der Waals surface area contributed by atoms with Crippen LogP contribution >= 0.6 is 22.9 Å². The molecule has 2 N–H and O–H groups in total. The van der Waals surface area contributed by atoms with Crippen LogP contribution in [0.1, 0.15) is 4.88 Å². The van der Waals surface area contributed by atoms with Gasteiger partial charge in [0, 0.05) is 23.4 Å². The molecule has 3 heterocycles. The van der Waals surface area contributed by atoms with Crippen LogP contribution in [-0.2, 0) is 0 Å². The molecule has 0 aliphatic heterocycles. The monoisotopic (exact) mass is 304 g/mol. The van der Waals surface area contributed by atoms with Crippen LogP contribution in [0, 0.1) is 0 Å². The Balaban J connectivity index is 1.86. The number of nitrogens with one attached hydrogen (secondary N) is 2. The molecule has 0 aliphatic carbocycles. The third kappa shape index (κ3) is 2.71. The lowest BCUT2D eigenvalue weighted by Gasteiger charge is -1.92. The highest BCUT2D eigenvalue weighted by atomic mass is 35.5. The zero-order valence-corrected chi connectivity index (χ0v) is 11.7. The number of aromatic amines is 2. The van der Waals surface area contributed by atoms with Crippen molar-refractivity contribution in [3.8, 4) is 11.3 Å². The number of rotatable bonds is 3. The second kappa shape index (κ2) is 5.44. The van der Waals surface area contributed by atoms with Gasteiger partial charge in [-0.3, -0.25) is 9.89 Å². The van der Waals surface area contributed by atoms with E-state index in [-0.39, 0.29) is 5.56 Å². The molecule has 5 nitrogen and oxygen atoms in total. The van der Waals surface area contributed by atoms with Crippen LogP contribution < -0.4 is 5.56 Å². The molecule has 0 radical (unpaired) electrons. The average Bonchev–Trinajstić information content (AvgIpc) is 3.06. The lowest BCUT2D eigenvalue weighted by atomic mass is 10.2. The summed E-state index contributed by atoms with van der Waals surface area (Å²) in [6.45, 7) is 0. The van der Waals surface area contributed by atoms with E-state index in [1.54, 1.807) is 30.6 Å². The highest BCUT2D eigenvalue weighted by Gasteiger charge is 2.05. The number of aromatic nitrogens is 3. The normalized spacial score (nSPS) is 11.2. The van der Waals surface area contributed by atoms with Gasteiger partial charge >= 0.3 is 0 Å². The topological polar surface area (TPSA) is 73.9 Å². The van der Waals surface area contributed by atoms with Gasteiger partial charge in [-0.25, -0.2) is 4.99 Å². The largest absolute Gasteiger partial charge is 0.329 e. The Bertz CT molecular complexity index is 817. The van der Waals surface area contributed by atoms with E-state index in [1.807, 2.05) is 12.1 Å². The molecule has 0 aromatic carbocycles. The van der Waals surface area contributed by atoms with Crippen LogP contribution in [-0.4, -0.2) is 21.4 Å². The summed E-state index contributed by atoms with van der Waals surface area (Å²) in [5.74, 6) is 0.507. The fourth-order valence-electron chi connectivity index (χ4n) is 1.68. The van der Waals surface area contributed by atoms with Crippen molar-refractivity contribution in [2.75, 3.05) is 0 Å². The maximum Gasteiger partial charge on any atom is 0.257 e. The van der Waals surface area contributed by atoms with Crippen molar-refractivity contribution in [1.29, 1.82) is 0 Å². The lowest BCUT2D eigenvalue weighted by molar-refractivity contribution is 1.08. The van der Waals surface area contributed by atoms with E-state index in [1.165, 1.54) is 11.3 Å². The SMILES string of the molecule is O=c1[nH]cccc1-c1cc(N=Cc2ccc(Cl)s2)n[nH]1. The lowest BCUT2D eigenvalue weighted by Crippen LogP contribution is -2.06. The number of H-pyrrole nitrogens is 2. The van der Waals surface area contributed by atoms with E-state index >= 15 is 0 Å². The summed E-state index contributed by atoms with van der Waals surface area (Å²) in [6, 6.07) is 8.89. The maximum atomic E-state index is 11.7. The standard InChI is InChI=1S/C13H9ClN4OS/c14-11-4-3-8(20-11)7-16-12-6-10(17-18-12)9-2-1-5-15-13(9)19/h1-7H,(H,15,19)(H,17,18). The van der Waals surface area contributed by atoms with Crippen molar-refractivity contribution in [3.63, 3.8) is 0 Å². The van der Waals surface area contributed by atoms with Gasteiger partial charge in [-0.2, -0.15) is 5.10 Å². The maximum absolute atomic E-state index is 11.7. The summed E-state index contributed by atoms with van der Waals surface area (Å²) < 4.78 is 0.713. The summed E-state index contributed by atoms with van der Waals surface area (Å²) in [6.07, 6.45) is 3.27. The Kier molecular flexibility index (Phi) is 3.49. The molecule has 100 valence electrons. The number of hydrogen-bond acceptors (Lipinski definition) is 4. The third-order valence-electron chi connectivity index (χ3n) is 2.59. The van der Waals surface area contributed by atoms with Crippen LogP contribution in [0.25, 0.3) is 11.3 Å². The number of hydrogen-bond donors (Lipinski definition) is 2. The number of halogens is 1. The molecule has 0 unspecified atom stereocenters. The summed E-state index contributed by atoms with van der Waals surface area (Å²) in [7, 11) is 0. The minimum Gasteiger partial charge on any atom is -0.329 e. The second-order valence-corrected chi connectivity index (χ2v) is 5.70. The Hall–Kier alpha value is -2.18. The number of thiophene rings is 1. The molecule has 0 atom stereocenters. The van der Waals surface area contributed by atoms with Gasteiger partial charge in [-0.15, -0.1) is 11.3 Å². The molecule has 0 amide bonds. The van der Waals surface area contributed by atoms with Crippen LogP contribution in [0.5, 0.6) is 0 Å². The summed E-state index contributed by atoms with van der Waals surface area (Å²) in [4.78, 5) is 19.4. The van der Waals surface area contributed by atoms with Gasteiger partial charge in [-0.1, -0.05) is 11.6 Å². The van der Waals surface area contributed by atoms with Crippen LogP contribution in [0.4, 0.5) is 5.82 Å². The van der Waals surface area contributed by atoms with Gasteiger partial charge in [-0.05, 0) is 24.3 Å². The van der Waals surface area contributed by atoms with Crippen molar-refractivity contribution in [1.82, 2.24) is 15.2 Å². The van der Waals surface area contributed by atoms with Gasteiger partial charge in [0.05, 0.1) is 15.6 Å². The third-order valence-corrected chi connectivity index (χ3v) is 3.76. The number of pyridine rings is 1. The Morgan fingerprint density at radius 1 is 1.35 bits per heavy atom. The number of nitrogens with zero attached hydrogens (tertiary/aromatic N) is 2. The number of aliphatic imine (C=N–C) groups is 1. The van der Waals surface area contributed by atoms with Crippen molar-refractivity contribution < 1.29 is 0 Å². The zero-order valence-electron chi connectivity index (χ0n) is 10.1. The van der Waals surface area contributed by atoms with Crippen molar-refractivity contribution in [2.45, 2.75) is 0 Å². The fourth-order valence-corrected chi connectivity index (χ4v) is 2.61. The van der Waals surface area contributed by atoms with E-state index in [9.17, 15) is 4.79 Å². The summed E-state index contributed by atoms with van der Waals surface area (Å²) in [5.41, 5.74) is 0.987. The van der Waals surface area contributed by atoms with Crippen molar-refractivity contribution >= 4 is 35.0 Å². The quantitative estimate of drug-likeness (QED) is 0.729. The van der Waals surface area contributed by atoms with Gasteiger partial charge in [0.2, 0.25) is 0 Å². The molecule has 0 saturated heterocycles. The van der Waals surface area contributed by atoms with E-state index in [0.717, 1.165) is 4.88 Å². The first kappa shape index (κ1) is 12.8. The minimum atomic E-state index is -0.170. The van der Waals surface area contributed by atoms with E-state index in [4.69, 9.17) is 11.6 Å². The molecule has 0 fully saturated rings. The molecular weight excluding hydrogens is 296 g/mol. The molecule has 0 saturated carbocycles. The van der Waals surface area contributed by atoms with E-state index in [2.05, 4.69) is 20.2 Å². The van der Waals surface area contributed by atoms with E-state index in [0.29, 0.717) is 21.4 Å². The highest BCUT2D eigenvalue weighted by molar-refractivity contribution is 7.17. The fraction of sp³-hybridized carbons (Fsp3) is 0. The first-order valence-electron chi connectivity index (χ1n) is 5.75. The first-order valence-corrected chi connectivity index (χ1v) is 6.95. The molecule has 0 spiro atoms. The van der Waals surface area contributed by atoms with Gasteiger partial charge in [0.1, 0.15) is 0 Å². The van der Waals surface area contributed by atoms with Crippen LogP contribution in [0.15, 0.2) is 46.3 Å². The van der Waals surface area contributed by atoms with Crippen molar-refractivity contribution in [3.05, 3.63) is 56.1 Å². The smallest absolute Gasteiger partial charge is 0.257 e. The van der Waals surface area contributed by atoms with E-state index < -0.39 is 0 Å². The Morgan fingerprint density at radius 3 is 3.00 bits per heavy atom. The van der Waals surface area contributed by atoms with Gasteiger partial charge < -0.3 is 4.98 Å². The molecular formula is C13H9ClN4OS. The highest BCUT2D eigenvalue weighted by Crippen LogP contribution is 2.21. The average molecular weight is 305 g/mol. The van der Waals surface area contributed by atoms with Gasteiger partial charge in [0.15, 0.2) is 5.82 Å². The van der Waals surface area contributed by atoms with Crippen molar-refractivity contribution in [2.24, 2.45) is 4.99 Å². The predicted molar refractivity (Wildman–Crippen MR) is 81.2 cm³/mol. The molecule has 0 aliphatic rings. The van der Waals surface area contributed by atoms with Crippen LogP contribution in [0.2, 0.25) is 4.34 Å². The molecule has 3 aromatic heterocycles. The predicted octanol–water partition coefficient (Wildman–Crippen LogP) is 3.23. The molecule has 0 bridgehead atoms. The summed E-state index contributed by atoms with van der Waals surface area (Å²) >= 11 is 7.28. The molecule has 3 aromatic rings. The zero-order chi connectivity index (χ0) is 13.9. The second-order valence-electron chi connectivity index (χ2n) is 3.95. The minimum absolute atomic E-state index is 0.170.